The van der Waals surface area contributed by atoms with Crippen molar-refractivity contribution in [1.29, 1.82) is 0 Å². The number of esters is 3. The molecule has 3 heterocycles. The van der Waals surface area contributed by atoms with Crippen molar-refractivity contribution in [2.45, 2.75) is 45.3 Å². The van der Waals surface area contributed by atoms with Gasteiger partial charge in [0, 0.05) is 20.8 Å². The van der Waals surface area contributed by atoms with Gasteiger partial charge in [-0.2, -0.15) is 0 Å². The zero-order valence-electron chi connectivity index (χ0n) is 15.4. The summed E-state index contributed by atoms with van der Waals surface area (Å²) in [5, 5.41) is 0. The number of anilines is 1. The molecule has 3 rings (SSSR count). The number of nitrogen functional groups attached to an aromatic ring is 1. The fourth-order valence-electron chi connectivity index (χ4n) is 2.97. The smallest absolute Gasteiger partial charge is 0.303 e. The Morgan fingerprint density at radius 2 is 1.75 bits per heavy atom. The number of fused-ring (bicyclic) bond motifs is 1. The number of hydrogen-bond donors (Lipinski definition) is 1. The number of carbonyl (C=O) groups is 3. The predicted molar refractivity (Wildman–Crippen MR) is 91.4 cm³/mol. The van der Waals surface area contributed by atoms with E-state index < -0.39 is 42.4 Å². The van der Waals surface area contributed by atoms with Crippen molar-refractivity contribution in [3.8, 4) is 0 Å². The minimum atomic E-state index is -1.03. The highest BCUT2D eigenvalue weighted by atomic mass is 16.7. The number of ether oxygens (including phenoxy) is 4. The average Bonchev–Trinajstić information content (AvgIpc) is 3.16. The minimum absolute atomic E-state index is 0.166. The van der Waals surface area contributed by atoms with Crippen LogP contribution >= 0.6 is 0 Å². The summed E-state index contributed by atoms with van der Waals surface area (Å²) in [4.78, 5) is 46.6. The molecular formula is C16H19N5O7. The second-order valence-electron chi connectivity index (χ2n) is 6.10. The van der Waals surface area contributed by atoms with Gasteiger partial charge >= 0.3 is 17.9 Å². The van der Waals surface area contributed by atoms with E-state index in [4.69, 9.17) is 24.7 Å². The van der Waals surface area contributed by atoms with Gasteiger partial charge < -0.3 is 24.7 Å². The van der Waals surface area contributed by atoms with Crippen molar-refractivity contribution in [1.82, 2.24) is 19.5 Å². The highest BCUT2D eigenvalue weighted by molar-refractivity contribution is 5.81. The van der Waals surface area contributed by atoms with Gasteiger partial charge in [0.25, 0.3) is 0 Å². The largest absolute Gasteiger partial charge is 0.463 e. The fraction of sp³-hybridized carbons (Fsp3) is 0.500. The molecule has 1 fully saturated rings. The van der Waals surface area contributed by atoms with E-state index in [0.717, 1.165) is 0 Å². The summed E-state index contributed by atoms with van der Waals surface area (Å²) in [6.07, 6.45) is -1.22. The number of nitrogens with two attached hydrogens (primary N) is 1. The topological polar surface area (TPSA) is 158 Å². The Morgan fingerprint density at radius 3 is 2.39 bits per heavy atom. The lowest BCUT2D eigenvalue weighted by Crippen LogP contribution is -2.40. The van der Waals surface area contributed by atoms with E-state index in [0.29, 0.717) is 11.2 Å². The number of carbonyl (C=O) groups excluding carboxylic acids is 3. The van der Waals surface area contributed by atoms with E-state index in [2.05, 4.69) is 15.0 Å². The molecule has 1 aliphatic rings. The van der Waals surface area contributed by atoms with Crippen LogP contribution in [0.1, 0.15) is 27.0 Å². The van der Waals surface area contributed by atoms with Crippen LogP contribution in [0.3, 0.4) is 0 Å². The molecule has 28 heavy (non-hydrogen) atoms. The van der Waals surface area contributed by atoms with Crippen LogP contribution in [-0.2, 0) is 33.3 Å². The van der Waals surface area contributed by atoms with Crippen LogP contribution in [0.2, 0.25) is 0 Å². The van der Waals surface area contributed by atoms with Crippen molar-refractivity contribution >= 4 is 34.9 Å². The van der Waals surface area contributed by atoms with Crippen molar-refractivity contribution < 1.29 is 33.3 Å². The molecule has 2 N–H and O–H groups in total. The number of imidazole rings is 1. The van der Waals surface area contributed by atoms with Crippen molar-refractivity contribution in [2.75, 3.05) is 12.3 Å². The normalized spacial score (nSPS) is 24.1. The van der Waals surface area contributed by atoms with Crippen LogP contribution in [0.25, 0.3) is 11.2 Å². The van der Waals surface area contributed by atoms with E-state index in [1.165, 1.54) is 38.0 Å². The summed E-state index contributed by atoms with van der Waals surface area (Å²) < 4.78 is 23.1. The molecule has 12 heteroatoms. The third kappa shape index (κ3) is 3.86. The standard InChI is InChI=1S/C16H19N5O7/c1-7(22)25-4-10-12(26-8(2)23)13(27-9(3)24)16(28-10)21-6-20-11-14(17)18-5-19-15(11)21/h5-6,10,12-13,16H,4H2,1-3H3,(H2,17,18,19)/t10-,12+,13+,16-/m0/s1. The molecule has 0 aromatic carbocycles. The van der Waals surface area contributed by atoms with Crippen molar-refractivity contribution in [3.63, 3.8) is 0 Å². The lowest BCUT2D eigenvalue weighted by molar-refractivity contribution is -0.166. The zero-order chi connectivity index (χ0) is 20.4. The Bertz CT molecular complexity index is 914. The highest BCUT2D eigenvalue weighted by Gasteiger charge is 2.51. The average molecular weight is 393 g/mol. The molecule has 0 spiro atoms. The maximum atomic E-state index is 11.7. The number of rotatable bonds is 5. The van der Waals surface area contributed by atoms with Crippen LogP contribution in [0.15, 0.2) is 12.7 Å². The molecule has 4 atom stereocenters. The van der Waals surface area contributed by atoms with E-state index in [1.807, 2.05) is 0 Å². The summed E-state index contributed by atoms with van der Waals surface area (Å²) in [6, 6.07) is 0. The van der Waals surface area contributed by atoms with E-state index in [-0.39, 0.29) is 12.4 Å². The second kappa shape index (κ2) is 7.76. The molecule has 1 aliphatic heterocycles. The van der Waals surface area contributed by atoms with Gasteiger partial charge in [0.1, 0.15) is 24.6 Å². The number of hydrogen-bond acceptors (Lipinski definition) is 11. The summed E-state index contributed by atoms with van der Waals surface area (Å²) >= 11 is 0. The van der Waals surface area contributed by atoms with Crippen LogP contribution < -0.4 is 5.73 Å². The van der Waals surface area contributed by atoms with Crippen molar-refractivity contribution in [3.05, 3.63) is 12.7 Å². The Kier molecular flexibility index (Phi) is 5.40. The van der Waals surface area contributed by atoms with Gasteiger partial charge in [-0.3, -0.25) is 19.0 Å². The van der Waals surface area contributed by atoms with Crippen LogP contribution in [-0.4, -0.2) is 62.3 Å². The van der Waals surface area contributed by atoms with Gasteiger partial charge in [0.15, 0.2) is 29.9 Å². The first-order valence-corrected chi connectivity index (χ1v) is 8.34. The molecule has 0 saturated carbocycles. The maximum Gasteiger partial charge on any atom is 0.303 e. The third-order valence-electron chi connectivity index (χ3n) is 4.00. The Hall–Kier alpha value is -3.28. The van der Waals surface area contributed by atoms with E-state index in [9.17, 15) is 14.4 Å². The predicted octanol–water partition coefficient (Wildman–Crippen LogP) is -0.268. The van der Waals surface area contributed by atoms with Gasteiger partial charge in [-0.15, -0.1) is 0 Å². The lowest BCUT2D eigenvalue weighted by atomic mass is 10.1. The molecule has 2 aromatic heterocycles. The fourth-order valence-corrected chi connectivity index (χ4v) is 2.97. The Morgan fingerprint density at radius 1 is 1.07 bits per heavy atom. The summed E-state index contributed by atoms with van der Waals surface area (Å²) in [6.45, 7) is 3.46. The molecule has 2 aromatic rings. The summed E-state index contributed by atoms with van der Waals surface area (Å²) in [7, 11) is 0. The maximum absolute atomic E-state index is 11.7. The molecule has 0 amide bonds. The molecular weight excluding hydrogens is 374 g/mol. The first-order valence-electron chi connectivity index (χ1n) is 8.34. The first kappa shape index (κ1) is 19.5. The molecule has 1 saturated heterocycles. The lowest BCUT2D eigenvalue weighted by Gasteiger charge is -2.23. The van der Waals surface area contributed by atoms with Gasteiger partial charge in [-0.1, -0.05) is 0 Å². The van der Waals surface area contributed by atoms with Crippen LogP contribution in [0.4, 0.5) is 5.82 Å². The second-order valence-corrected chi connectivity index (χ2v) is 6.10. The Balaban J connectivity index is 2.01. The Labute approximate surface area is 158 Å². The quantitative estimate of drug-likeness (QED) is 0.526. The van der Waals surface area contributed by atoms with Gasteiger partial charge in [-0.05, 0) is 0 Å². The van der Waals surface area contributed by atoms with E-state index in [1.54, 1.807) is 0 Å². The van der Waals surface area contributed by atoms with E-state index >= 15 is 0 Å². The van der Waals surface area contributed by atoms with Gasteiger partial charge in [0.05, 0.1) is 6.33 Å². The molecule has 150 valence electrons. The number of aromatic nitrogens is 4. The summed E-state index contributed by atoms with van der Waals surface area (Å²) in [5.41, 5.74) is 6.48. The van der Waals surface area contributed by atoms with Gasteiger partial charge in [0.2, 0.25) is 0 Å². The summed E-state index contributed by atoms with van der Waals surface area (Å²) in [5.74, 6) is -1.59. The first-order chi connectivity index (χ1) is 13.3. The minimum Gasteiger partial charge on any atom is -0.463 e. The SMILES string of the molecule is CC(=O)OC[C@@H]1O[C@H](n2cnc3c(N)ncnc32)[C@H](OC(C)=O)[C@@H]1OC(C)=O. The van der Waals surface area contributed by atoms with Gasteiger partial charge in [-0.25, -0.2) is 15.0 Å². The van der Waals surface area contributed by atoms with Crippen molar-refractivity contribution in [2.24, 2.45) is 0 Å². The zero-order valence-corrected chi connectivity index (χ0v) is 15.4. The molecule has 0 bridgehead atoms. The van der Waals surface area contributed by atoms with Crippen LogP contribution in [0.5, 0.6) is 0 Å². The highest BCUT2D eigenvalue weighted by Crippen LogP contribution is 2.36. The molecule has 0 radical (unpaired) electrons. The van der Waals surface area contributed by atoms with Crippen LogP contribution in [0, 0.1) is 0 Å². The molecule has 0 unspecified atom stereocenters. The molecule has 0 aliphatic carbocycles. The number of nitrogens with zero attached hydrogens (tertiary/aromatic N) is 4. The molecule has 12 nitrogen and oxygen atoms in total. The third-order valence-corrected chi connectivity index (χ3v) is 4.00. The monoisotopic (exact) mass is 393 g/mol.